The fraction of sp³-hybridized carbons (Fsp3) is 0.200. The second-order valence-corrected chi connectivity index (χ2v) is 4.71. The number of Topliss-reactive ketones (excluding diaryl/α,β-unsaturated/α-hetero) is 1. The van der Waals surface area contributed by atoms with Gasteiger partial charge in [-0.25, -0.2) is 4.39 Å². The molecule has 0 fully saturated rings. The topological polar surface area (TPSA) is 65.2 Å². The Morgan fingerprint density at radius 1 is 1.22 bits per heavy atom. The fourth-order valence-electron chi connectivity index (χ4n) is 1.74. The molecule has 0 aliphatic rings. The van der Waals surface area contributed by atoms with Crippen molar-refractivity contribution in [3.63, 3.8) is 0 Å². The molecule has 2 aromatic rings. The number of rotatable bonds is 5. The van der Waals surface area contributed by atoms with E-state index in [-0.39, 0.29) is 22.9 Å². The van der Waals surface area contributed by atoms with Crippen molar-refractivity contribution in [2.45, 2.75) is 19.0 Å². The summed E-state index contributed by atoms with van der Waals surface area (Å²) in [5.41, 5.74) is 5.45. The number of halogens is 4. The maximum Gasteiger partial charge on any atom is 0.389 e. The molecule has 1 aromatic carbocycles. The Bertz CT molecular complexity index is 717. The molecule has 0 amide bonds. The molecule has 122 valence electrons. The van der Waals surface area contributed by atoms with E-state index in [2.05, 4.69) is 4.98 Å². The summed E-state index contributed by atoms with van der Waals surface area (Å²) in [6.07, 6.45) is -5.16. The van der Waals surface area contributed by atoms with Crippen molar-refractivity contribution in [1.29, 1.82) is 0 Å². The fourth-order valence-corrected chi connectivity index (χ4v) is 1.74. The Kier molecular flexibility index (Phi) is 4.83. The van der Waals surface area contributed by atoms with E-state index in [1.54, 1.807) is 0 Å². The van der Waals surface area contributed by atoms with Gasteiger partial charge in [0, 0.05) is 30.4 Å². The van der Waals surface area contributed by atoms with Crippen LogP contribution in [-0.4, -0.2) is 16.9 Å². The molecule has 4 nitrogen and oxygen atoms in total. The summed E-state index contributed by atoms with van der Waals surface area (Å²) in [4.78, 5) is 15.4. The van der Waals surface area contributed by atoms with E-state index in [9.17, 15) is 22.4 Å². The molecule has 8 heteroatoms. The van der Waals surface area contributed by atoms with Crippen LogP contribution in [0.25, 0.3) is 0 Å². The molecule has 0 aliphatic carbocycles. The lowest BCUT2D eigenvalue weighted by atomic mass is 10.1. The zero-order valence-corrected chi connectivity index (χ0v) is 11.7. The van der Waals surface area contributed by atoms with Gasteiger partial charge in [0.1, 0.15) is 11.4 Å². The highest BCUT2D eigenvalue weighted by atomic mass is 19.4. The zero-order valence-electron chi connectivity index (χ0n) is 11.7. The van der Waals surface area contributed by atoms with Crippen molar-refractivity contribution in [1.82, 2.24) is 4.98 Å². The minimum Gasteiger partial charge on any atom is -0.454 e. The van der Waals surface area contributed by atoms with E-state index in [0.29, 0.717) is 0 Å². The van der Waals surface area contributed by atoms with E-state index in [4.69, 9.17) is 10.5 Å². The lowest BCUT2D eigenvalue weighted by Gasteiger charge is -2.09. The van der Waals surface area contributed by atoms with E-state index in [1.807, 2.05) is 0 Å². The molecule has 2 N–H and O–H groups in total. The molecule has 0 unspecified atom stereocenters. The highest BCUT2D eigenvalue weighted by molar-refractivity contribution is 5.94. The van der Waals surface area contributed by atoms with Gasteiger partial charge in [-0.05, 0) is 18.2 Å². The number of ether oxygens (including phenoxy) is 1. The van der Waals surface area contributed by atoms with Crippen LogP contribution in [0.2, 0.25) is 0 Å². The molecule has 0 spiro atoms. The highest BCUT2D eigenvalue weighted by Crippen LogP contribution is 2.27. The number of hydrogen-bond acceptors (Lipinski definition) is 4. The first-order valence-electron chi connectivity index (χ1n) is 6.53. The molecule has 1 aromatic heterocycles. The maximum atomic E-state index is 13.6. The Labute approximate surface area is 128 Å². The van der Waals surface area contributed by atoms with Crippen molar-refractivity contribution in [3.8, 4) is 11.5 Å². The third kappa shape index (κ3) is 4.94. The average molecular weight is 328 g/mol. The van der Waals surface area contributed by atoms with Crippen molar-refractivity contribution >= 4 is 11.5 Å². The van der Waals surface area contributed by atoms with Gasteiger partial charge in [0.05, 0.1) is 6.42 Å². The number of nitrogens with two attached hydrogens (primary N) is 1. The number of nitrogens with zero attached hydrogens (tertiary/aromatic N) is 1. The van der Waals surface area contributed by atoms with Crippen LogP contribution < -0.4 is 10.5 Å². The predicted molar refractivity (Wildman–Crippen MR) is 74.7 cm³/mol. The van der Waals surface area contributed by atoms with Gasteiger partial charge in [-0.3, -0.25) is 9.78 Å². The van der Waals surface area contributed by atoms with E-state index < -0.39 is 30.6 Å². The van der Waals surface area contributed by atoms with Crippen LogP contribution in [0.15, 0.2) is 36.5 Å². The van der Waals surface area contributed by atoms with Crippen LogP contribution >= 0.6 is 0 Å². The molecular formula is C15H12F4N2O2. The first-order valence-corrected chi connectivity index (χ1v) is 6.53. The largest absolute Gasteiger partial charge is 0.454 e. The number of hydrogen-bond donors (Lipinski definition) is 1. The minimum atomic E-state index is -4.42. The van der Waals surface area contributed by atoms with E-state index >= 15 is 0 Å². The molecular weight excluding hydrogens is 316 g/mol. The molecule has 23 heavy (non-hydrogen) atoms. The monoisotopic (exact) mass is 328 g/mol. The second kappa shape index (κ2) is 6.64. The molecule has 1 heterocycles. The van der Waals surface area contributed by atoms with Gasteiger partial charge in [-0.1, -0.05) is 0 Å². The van der Waals surface area contributed by atoms with Crippen molar-refractivity contribution < 1.29 is 27.1 Å². The van der Waals surface area contributed by atoms with Crippen LogP contribution in [0.5, 0.6) is 11.5 Å². The number of carbonyl (C=O) groups is 1. The number of alkyl halides is 3. The maximum absolute atomic E-state index is 13.6. The number of carbonyl (C=O) groups excluding carboxylic acids is 1. The zero-order chi connectivity index (χ0) is 17.0. The molecule has 2 rings (SSSR count). The Morgan fingerprint density at radius 3 is 2.61 bits per heavy atom. The molecule has 0 atom stereocenters. The Morgan fingerprint density at radius 2 is 1.96 bits per heavy atom. The van der Waals surface area contributed by atoms with Crippen LogP contribution in [0, 0.1) is 5.82 Å². The molecule has 0 aliphatic heterocycles. The third-order valence-corrected chi connectivity index (χ3v) is 2.84. The summed E-state index contributed by atoms with van der Waals surface area (Å²) in [7, 11) is 0. The first kappa shape index (κ1) is 16.7. The third-order valence-electron chi connectivity index (χ3n) is 2.84. The first-order chi connectivity index (χ1) is 10.7. The summed E-state index contributed by atoms with van der Waals surface area (Å²) in [5, 5.41) is 0. The van der Waals surface area contributed by atoms with Gasteiger partial charge < -0.3 is 10.5 Å². The minimum absolute atomic E-state index is 0.0824. The smallest absolute Gasteiger partial charge is 0.389 e. The second-order valence-electron chi connectivity index (χ2n) is 4.71. The van der Waals surface area contributed by atoms with Crippen molar-refractivity contribution in [3.05, 3.63) is 48.0 Å². The number of benzene rings is 1. The standard InChI is InChI=1S/C15H12F4N2O2/c16-11-7-9(20)1-2-14(11)23-10-4-6-21-12(8-10)13(22)3-5-15(17,18)19/h1-2,4,6-8H,3,5,20H2. The van der Waals surface area contributed by atoms with Gasteiger partial charge in [-0.15, -0.1) is 0 Å². The SMILES string of the molecule is Nc1ccc(Oc2ccnc(C(=O)CCC(F)(F)F)c2)c(F)c1. The summed E-state index contributed by atoms with van der Waals surface area (Å²) >= 11 is 0. The van der Waals surface area contributed by atoms with E-state index in [0.717, 1.165) is 12.1 Å². The van der Waals surface area contributed by atoms with Gasteiger partial charge in [0.15, 0.2) is 17.3 Å². The number of anilines is 1. The van der Waals surface area contributed by atoms with Crippen LogP contribution in [0.4, 0.5) is 23.2 Å². The number of pyridine rings is 1. The normalized spacial score (nSPS) is 11.3. The van der Waals surface area contributed by atoms with Crippen LogP contribution in [0.1, 0.15) is 23.3 Å². The summed E-state index contributed by atoms with van der Waals surface area (Å²) < 4.78 is 55.3. The van der Waals surface area contributed by atoms with Crippen molar-refractivity contribution in [2.75, 3.05) is 5.73 Å². The number of aromatic nitrogens is 1. The van der Waals surface area contributed by atoms with Crippen LogP contribution in [-0.2, 0) is 0 Å². The van der Waals surface area contributed by atoms with Gasteiger partial charge in [-0.2, -0.15) is 13.2 Å². The van der Waals surface area contributed by atoms with Gasteiger partial charge in [0.2, 0.25) is 0 Å². The summed E-state index contributed by atoms with van der Waals surface area (Å²) in [6, 6.07) is 6.31. The Balaban J connectivity index is 2.12. The average Bonchev–Trinajstić information content (AvgIpc) is 2.47. The molecule has 0 bridgehead atoms. The van der Waals surface area contributed by atoms with Gasteiger partial charge in [0.25, 0.3) is 0 Å². The highest BCUT2D eigenvalue weighted by Gasteiger charge is 2.28. The molecule has 0 saturated carbocycles. The number of ketones is 1. The van der Waals surface area contributed by atoms with Gasteiger partial charge >= 0.3 is 6.18 Å². The Hall–Kier alpha value is -2.64. The predicted octanol–water partition coefficient (Wildman–Crippen LogP) is 4.12. The van der Waals surface area contributed by atoms with Crippen molar-refractivity contribution in [2.24, 2.45) is 0 Å². The lowest BCUT2D eigenvalue weighted by molar-refractivity contribution is -0.133. The molecule has 0 saturated heterocycles. The van der Waals surface area contributed by atoms with Crippen LogP contribution in [0.3, 0.4) is 0 Å². The quantitative estimate of drug-likeness (QED) is 0.509. The number of nitrogen functional groups attached to an aromatic ring is 1. The lowest BCUT2D eigenvalue weighted by Crippen LogP contribution is -2.11. The summed E-state index contributed by atoms with van der Waals surface area (Å²) in [5.74, 6) is -1.52. The summed E-state index contributed by atoms with van der Waals surface area (Å²) in [6.45, 7) is 0. The van der Waals surface area contributed by atoms with E-state index in [1.165, 1.54) is 24.4 Å². The molecule has 0 radical (unpaired) electrons.